The Morgan fingerprint density at radius 2 is 2.33 bits per heavy atom. The summed E-state index contributed by atoms with van der Waals surface area (Å²) in [6, 6.07) is 0. The smallest absolute Gasteiger partial charge is 0.0420 e. The lowest BCUT2D eigenvalue weighted by Gasteiger charge is -2.17. The minimum Gasteiger partial charge on any atom is -0.276 e. The third-order valence-electron chi connectivity index (χ3n) is 1.56. The first-order valence-corrected chi connectivity index (χ1v) is 3.16. The normalized spacial score (nSPS) is 26.3. The zero-order valence-electron chi connectivity index (χ0n) is 6.13. The Hall–Kier alpha value is -0.790. The van der Waals surface area contributed by atoms with E-state index in [1.807, 2.05) is 25.2 Å². The lowest BCUT2D eigenvalue weighted by atomic mass is 10.1. The molecule has 0 aromatic rings. The van der Waals surface area contributed by atoms with E-state index in [0.717, 1.165) is 0 Å². The fraction of sp³-hybridized carbons (Fsp3) is 0.571. The van der Waals surface area contributed by atoms with Crippen LogP contribution in [0.25, 0.3) is 0 Å². The van der Waals surface area contributed by atoms with Gasteiger partial charge in [0, 0.05) is 24.9 Å². The maximum atomic E-state index is 4.23. The van der Waals surface area contributed by atoms with Crippen LogP contribution in [0.1, 0.15) is 13.8 Å². The molecule has 9 heavy (non-hydrogen) atoms. The summed E-state index contributed by atoms with van der Waals surface area (Å²) in [6.07, 6.45) is 4.12. The molecule has 0 spiro atoms. The Bertz CT molecular complexity index is 158. The van der Waals surface area contributed by atoms with Crippen LogP contribution in [0.4, 0.5) is 0 Å². The van der Waals surface area contributed by atoms with Gasteiger partial charge in [0.15, 0.2) is 0 Å². The van der Waals surface area contributed by atoms with Crippen molar-refractivity contribution < 1.29 is 0 Å². The number of nitrogens with zero attached hydrogens (tertiary/aromatic N) is 2. The standard InChI is InChI=1S/C7H12N2/c1-6-4-5-9(3)8-7(6)2/h4-6H,1-3H3. The van der Waals surface area contributed by atoms with E-state index in [0.29, 0.717) is 5.92 Å². The summed E-state index contributed by atoms with van der Waals surface area (Å²) in [5.41, 5.74) is 1.18. The van der Waals surface area contributed by atoms with Gasteiger partial charge in [-0.1, -0.05) is 13.0 Å². The average Bonchev–Trinajstić information content (AvgIpc) is 1.80. The van der Waals surface area contributed by atoms with Crippen molar-refractivity contribution in [2.24, 2.45) is 11.0 Å². The molecule has 1 aliphatic rings. The number of hydrogen-bond donors (Lipinski definition) is 0. The van der Waals surface area contributed by atoms with Crippen molar-refractivity contribution in [3.05, 3.63) is 12.3 Å². The van der Waals surface area contributed by atoms with Gasteiger partial charge in [-0.15, -0.1) is 0 Å². The van der Waals surface area contributed by atoms with Gasteiger partial charge in [-0.25, -0.2) is 0 Å². The largest absolute Gasteiger partial charge is 0.276 e. The van der Waals surface area contributed by atoms with E-state index < -0.39 is 0 Å². The Morgan fingerprint density at radius 1 is 1.67 bits per heavy atom. The van der Waals surface area contributed by atoms with E-state index in [2.05, 4.69) is 18.1 Å². The van der Waals surface area contributed by atoms with Gasteiger partial charge in [0.05, 0.1) is 0 Å². The first kappa shape index (κ1) is 6.33. The van der Waals surface area contributed by atoms with Crippen molar-refractivity contribution in [1.29, 1.82) is 0 Å². The monoisotopic (exact) mass is 124 g/mol. The lowest BCUT2D eigenvalue weighted by molar-refractivity contribution is 0.472. The molecule has 0 saturated heterocycles. The van der Waals surface area contributed by atoms with E-state index in [9.17, 15) is 0 Å². The van der Waals surface area contributed by atoms with E-state index in [4.69, 9.17) is 0 Å². The Morgan fingerprint density at radius 3 is 2.78 bits per heavy atom. The highest BCUT2D eigenvalue weighted by Gasteiger charge is 2.05. The predicted molar refractivity (Wildman–Crippen MR) is 39.2 cm³/mol. The fourth-order valence-corrected chi connectivity index (χ4v) is 0.766. The number of hydrazone groups is 1. The van der Waals surface area contributed by atoms with Crippen molar-refractivity contribution in [3.63, 3.8) is 0 Å². The summed E-state index contributed by atoms with van der Waals surface area (Å²) in [5, 5.41) is 6.06. The van der Waals surface area contributed by atoms with Crippen molar-refractivity contribution in [1.82, 2.24) is 5.01 Å². The van der Waals surface area contributed by atoms with Crippen LogP contribution in [0, 0.1) is 5.92 Å². The summed E-state index contributed by atoms with van der Waals surface area (Å²) in [7, 11) is 1.94. The zero-order chi connectivity index (χ0) is 6.85. The predicted octanol–water partition coefficient (Wildman–Crippen LogP) is 1.46. The first-order valence-electron chi connectivity index (χ1n) is 3.16. The summed E-state index contributed by atoms with van der Waals surface area (Å²) < 4.78 is 0. The van der Waals surface area contributed by atoms with Crippen LogP contribution in [0.5, 0.6) is 0 Å². The van der Waals surface area contributed by atoms with Crippen molar-refractivity contribution in [2.75, 3.05) is 7.05 Å². The first-order chi connectivity index (χ1) is 4.20. The molecule has 0 aliphatic carbocycles. The molecular weight excluding hydrogens is 112 g/mol. The molecular formula is C7H12N2. The van der Waals surface area contributed by atoms with Crippen LogP contribution in [0.15, 0.2) is 17.4 Å². The molecule has 50 valence electrons. The van der Waals surface area contributed by atoms with Crippen LogP contribution in [0.3, 0.4) is 0 Å². The van der Waals surface area contributed by atoms with Crippen LogP contribution in [-0.2, 0) is 0 Å². The Balaban J connectivity index is 2.70. The van der Waals surface area contributed by atoms with Crippen LogP contribution in [0.2, 0.25) is 0 Å². The molecule has 0 radical (unpaired) electrons. The van der Waals surface area contributed by atoms with Crippen LogP contribution in [-0.4, -0.2) is 17.8 Å². The highest BCUT2D eigenvalue weighted by Crippen LogP contribution is 2.07. The van der Waals surface area contributed by atoms with Gasteiger partial charge in [-0.3, -0.25) is 5.01 Å². The second-order valence-electron chi connectivity index (χ2n) is 2.45. The Kier molecular flexibility index (Phi) is 1.56. The molecule has 1 heterocycles. The van der Waals surface area contributed by atoms with Gasteiger partial charge in [0.25, 0.3) is 0 Å². The molecule has 0 amide bonds. The van der Waals surface area contributed by atoms with Gasteiger partial charge >= 0.3 is 0 Å². The van der Waals surface area contributed by atoms with Crippen molar-refractivity contribution in [3.8, 4) is 0 Å². The van der Waals surface area contributed by atoms with E-state index in [1.54, 1.807) is 0 Å². The molecule has 0 aromatic carbocycles. The van der Waals surface area contributed by atoms with E-state index in [1.165, 1.54) is 5.71 Å². The summed E-state index contributed by atoms with van der Waals surface area (Å²) in [4.78, 5) is 0. The summed E-state index contributed by atoms with van der Waals surface area (Å²) >= 11 is 0. The molecule has 0 aromatic heterocycles. The van der Waals surface area contributed by atoms with E-state index >= 15 is 0 Å². The second-order valence-corrected chi connectivity index (χ2v) is 2.45. The minimum absolute atomic E-state index is 0.515. The van der Waals surface area contributed by atoms with Gasteiger partial charge < -0.3 is 0 Å². The second kappa shape index (κ2) is 2.21. The molecule has 0 bridgehead atoms. The molecule has 0 saturated carbocycles. The minimum atomic E-state index is 0.515. The highest BCUT2D eigenvalue weighted by molar-refractivity contribution is 5.85. The number of hydrogen-bond acceptors (Lipinski definition) is 2. The third-order valence-corrected chi connectivity index (χ3v) is 1.56. The third kappa shape index (κ3) is 1.31. The zero-order valence-corrected chi connectivity index (χ0v) is 6.13. The van der Waals surface area contributed by atoms with Gasteiger partial charge in [0.1, 0.15) is 0 Å². The molecule has 1 unspecified atom stereocenters. The molecule has 1 aliphatic heterocycles. The van der Waals surface area contributed by atoms with Gasteiger partial charge in [-0.05, 0) is 6.92 Å². The molecule has 1 atom stereocenters. The van der Waals surface area contributed by atoms with Crippen molar-refractivity contribution >= 4 is 5.71 Å². The maximum absolute atomic E-state index is 4.23. The molecule has 0 N–H and O–H groups in total. The quantitative estimate of drug-likeness (QED) is 0.477. The molecule has 2 nitrogen and oxygen atoms in total. The van der Waals surface area contributed by atoms with Crippen LogP contribution >= 0.6 is 0 Å². The summed E-state index contributed by atoms with van der Waals surface area (Å²) in [6.45, 7) is 4.19. The van der Waals surface area contributed by atoms with E-state index in [-0.39, 0.29) is 0 Å². The average molecular weight is 124 g/mol. The SMILES string of the molecule is CC1=NN(C)C=CC1C. The lowest BCUT2D eigenvalue weighted by Crippen LogP contribution is -2.16. The number of allylic oxidation sites excluding steroid dienone is 1. The molecule has 1 rings (SSSR count). The van der Waals surface area contributed by atoms with Crippen LogP contribution < -0.4 is 0 Å². The molecule has 0 fully saturated rings. The topological polar surface area (TPSA) is 15.6 Å². The van der Waals surface area contributed by atoms with Crippen molar-refractivity contribution in [2.45, 2.75) is 13.8 Å². The molecule has 2 heteroatoms. The van der Waals surface area contributed by atoms with Gasteiger partial charge in [-0.2, -0.15) is 5.10 Å². The summed E-state index contributed by atoms with van der Waals surface area (Å²) in [5.74, 6) is 0.515. The highest BCUT2D eigenvalue weighted by atomic mass is 15.4. The Labute approximate surface area is 55.9 Å². The van der Waals surface area contributed by atoms with Gasteiger partial charge in [0.2, 0.25) is 0 Å². The maximum Gasteiger partial charge on any atom is 0.0420 e. The number of rotatable bonds is 0. The fourth-order valence-electron chi connectivity index (χ4n) is 0.766.